The van der Waals surface area contributed by atoms with E-state index in [1.54, 1.807) is 24.8 Å². The fourth-order valence-corrected chi connectivity index (χ4v) is 5.15. The lowest BCUT2D eigenvalue weighted by Crippen LogP contribution is -2.56. The fourth-order valence-electron chi connectivity index (χ4n) is 5.15. The third-order valence-electron chi connectivity index (χ3n) is 7.35. The van der Waals surface area contributed by atoms with E-state index in [0.717, 1.165) is 58.7 Å². The molecule has 1 aromatic carbocycles. The number of pyridine rings is 2. The van der Waals surface area contributed by atoms with Gasteiger partial charge in [-0.25, -0.2) is 19.3 Å². The molecule has 0 atom stereocenters. The second-order valence-corrected chi connectivity index (χ2v) is 10.8. The highest BCUT2D eigenvalue weighted by Gasteiger charge is 2.25. The zero-order chi connectivity index (χ0) is 28.8. The van der Waals surface area contributed by atoms with Gasteiger partial charge >= 0.3 is 0 Å². The lowest BCUT2D eigenvalue weighted by Gasteiger charge is -2.37. The molecule has 0 radical (unpaired) electrons. The first kappa shape index (κ1) is 26.0. The van der Waals surface area contributed by atoms with E-state index < -0.39 is 0 Å². The van der Waals surface area contributed by atoms with E-state index in [-0.39, 0.29) is 11.9 Å². The Kier molecular flexibility index (Phi) is 6.48. The first-order valence-electron chi connectivity index (χ1n) is 13.6. The van der Waals surface area contributed by atoms with Gasteiger partial charge in [0.1, 0.15) is 29.6 Å². The molecule has 5 aromatic heterocycles. The van der Waals surface area contributed by atoms with Crippen molar-refractivity contribution < 1.29 is 9.13 Å². The van der Waals surface area contributed by atoms with Gasteiger partial charge in [-0.2, -0.15) is 5.10 Å². The summed E-state index contributed by atoms with van der Waals surface area (Å²) in [6.45, 7) is 2.71. The van der Waals surface area contributed by atoms with Crippen LogP contribution >= 0.6 is 0 Å². The highest BCUT2D eigenvalue weighted by atomic mass is 19.1. The Morgan fingerprint density at radius 1 is 1.05 bits per heavy atom. The predicted octanol–water partition coefficient (Wildman–Crippen LogP) is 3.85. The number of nitrogens with one attached hydrogen (secondary N) is 2. The third-order valence-corrected chi connectivity index (χ3v) is 7.35. The van der Waals surface area contributed by atoms with Crippen molar-refractivity contribution >= 4 is 27.9 Å². The number of benzene rings is 1. The van der Waals surface area contributed by atoms with Crippen molar-refractivity contribution in [3.05, 3.63) is 67.0 Å². The van der Waals surface area contributed by atoms with Crippen LogP contribution in [0, 0.1) is 5.82 Å². The predicted molar refractivity (Wildman–Crippen MR) is 160 cm³/mol. The van der Waals surface area contributed by atoms with Crippen LogP contribution < -0.4 is 15.4 Å². The monoisotopic (exact) mass is 564 g/mol. The molecule has 0 amide bonds. The molecule has 1 aliphatic heterocycles. The van der Waals surface area contributed by atoms with Crippen LogP contribution in [0.2, 0.25) is 0 Å². The number of hydrogen-bond acceptors (Lipinski definition) is 9. The molecule has 1 saturated heterocycles. The summed E-state index contributed by atoms with van der Waals surface area (Å²) in [5.74, 6) is 0.907. The van der Waals surface area contributed by atoms with E-state index in [1.807, 2.05) is 43.3 Å². The summed E-state index contributed by atoms with van der Waals surface area (Å²) in [6, 6.07) is 10.8. The average Bonchev–Trinajstić information content (AvgIpc) is 3.59. The molecule has 6 aromatic rings. The lowest BCUT2D eigenvalue weighted by molar-refractivity contribution is 0.260. The minimum atomic E-state index is -0.365. The number of likely N-dealkylation sites (N-methyl/N-ethyl adjacent to an activating group) is 1. The third kappa shape index (κ3) is 4.91. The summed E-state index contributed by atoms with van der Waals surface area (Å²) in [5, 5.41) is 9.20. The van der Waals surface area contributed by atoms with Crippen molar-refractivity contribution in [3.8, 4) is 39.5 Å². The van der Waals surface area contributed by atoms with E-state index in [9.17, 15) is 4.39 Å². The van der Waals surface area contributed by atoms with Gasteiger partial charge < -0.3 is 25.3 Å². The second kappa shape index (κ2) is 10.5. The Balaban J connectivity index is 1.24. The summed E-state index contributed by atoms with van der Waals surface area (Å²) < 4.78 is 20.5. The van der Waals surface area contributed by atoms with E-state index >= 15 is 0 Å². The summed E-state index contributed by atoms with van der Waals surface area (Å²) in [4.78, 5) is 25.8. The Morgan fingerprint density at radius 2 is 1.93 bits per heavy atom. The highest BCUT2D eigenvalue weighted by molar-refractivity contribution is 5.99. The number of rotatable bonds is 8. The normalized spacial score (nSPS) is 13.8. The van der Waals surface area contributed by atoms with Crippen LogP contribution in [-0.4, -0.2) is 86.4 Å². The first-order valence-corrected chi connectivity index (χ1v) is 13.6. The van der Waals surface area contributed by atoms with Crippen LogP contribution in [0.15, 0.2) is 61.2 Å². The molecule has 12 heteroatoms. The molecule has 6 heterocycles. The van der Waals surface area contributed by atoms with Crippen LogP contribution in [0.4, 0.5) is 10.2 Å². The standard InChI is InChI=1S/C30H29FN10O/c1-40(2)5-6-42-21-8-17(7-19(31)10-21)22-3-4-34-29-23(22)11-25(37-29)28-24-9-18(12-35-30(24)39-38-28)26-13-33-14-27(36-26)41-15-20(32)16-41/h3-4,7-14,20H,5-6,15-16,32H2,1-2H3,(H,34,37)(H,35,38,39). The second-order valence-electron chi connectivity index (χ2n) is 10.8. The molecule has 1 fully saturated rings. The number of aromatic amines is 2. The van der Waals surface area contributed by atoms with Crippen LogP contribution in [0.1, 0.15) is 0 Å². The van der Waals surface area contributed by atoms with Crippen LogP contribution in [0.3, 0.4) is 0 Å². The van der Waals surface area contributed by atoms with Crippen LogP contribution in [-0.2, 0) is 0 Å². The van der Waals surface area contributed by atoms with E-state index in [2.05, 4.69) is 35.0 Å². The molecule has 0 aliphatic carbocycles. The molecule has 42 heavy (non-hydrogen) atoms. The smallest absolute Gasteiger partial charge is 0.181 e. The van der Waals surface area contributed by atoms with E-state index in [4.69, 9.17) is 15.5 Å². The van der Waals surface area contributed by atoms with Crippen LogP contribution in [0.25, 0.3) is 55.8 Å². The maximum Gasteiger partial charge on any atom is 0.181 e. The van der Waals surface area contributed by atoms with Crippen LogP contribution in [0.5, 0.6) is 5.75 Å². The van der Waals surface area contributed by atoms with Crippen molar-refractivity contribution in [2.75, 3.05) is 45.2 Å². The summed E-state index contributed by atoms with van der Waals surface area (Å²) >= 11 is 0. The molecule has 212 valence electrons. The number of ether oxygens (including phenoxy) is 1. The topological polar surface area (TPSA) is 138 Å². The number of aromatic nitrogens is 7. The minimum Gasteiger partial charge on any atom is -0.492 e. The molecular weight excluding hydrogens is 535 g/mol. The summed E-state index contributed by atoms with van der Waals surface area (Å²) in [6.07, 6.45) is 6.92. The van der Waals surface area contributed by atoms with Crippen molar-refractivity contribution in [2.24, 2.45) is 5.73 Å². The van der Waals surface area contributed by atoms with Gasteiger partial charge in [0.15, 0.2) is 5.65 Å². The van der Waals surface area contributed by atoms with E-state index in [1.165, 1.54) is 12.1 Å². The zero-order valence-electron chi connectivity index (χ0n) is 23.2. The minimum absolute atomic E-state index is 0.164. The lowest BCUT2D eigenvalue weighted by atomic mass is 10.0. The molecule has 1 aliphatic rings. The maximum absolute atomic E-state index is 14.6. The fraction of sp³-hybridized carbons (Fsp3) is 0.233. The zero-order valence-corrected chi connectivity index (χ0v) is 23.2. The van der Waals surface area contributed by atoms with Gasteiger partial charge in [0, 0.05) is 60.5 Å². The van der Waals surface area contributed by atoms with Crippen molar-refractivity contribution in [2.45, 2.75) is 6.04 Å². The Hall–Kier alpha value is -4.94. The highest BCUT2D eigenvalue weighted by Crippen LogP contribution is 2.35. The van der Waals surface area contributed by atoms with Crippen molar-refractivity contribution in [3.63, 3.8) is 0 Å². The van der Waals surface area contributed by atoms with Gasteiger partial charge in [-0.05, 0) is 55.6 Å². The number of hydrogen-bond donors (Lipinski definition) is 3. The van der Waals surface area contributed by atoms with Gasteiger partial charge in [-0.1, -0.05) is 0 Å². The summed E-state index contributed by atoms with van der Waals surface area (Å²) in [5.41, 5.74) is 11.8. The molecule has 0 bridgehead atoms. The number of anilines is 1. The SMILES string of the molecule is CN(C)CCOc1cc(F)cc(-c2ccnc3[nH]c(-c4[nH]nc5ncc(-c6cncc(N7CC(N)C7)n6)cc45)cc23)c1. The van der Waals surface area contributed by atoms with Crippen molar-refractivity contribution in [1.82, 2.24) is 40.0 Å². The summed E-state index contributed by atoms with van der Waals surface area (Å²) in [7, 11) is 3.93. The van der Waals surface area contributed by atoms with Crippen molar-refractivity contribution in [1.29, 1.82) is 0 Å². The first-order chi connectivity index (χ1) is 20.4. The van der Waals surface area contributed by atoms with Gasteiger partial charge in [-0.15, -0.1) is 0 Å². The molecule has 0 saturated carbocycles. The largest absolute Gasteiger partial charge is 0.492 e. The number of fused-ring (bicyclic) bond motifs is 2. The number of nitrogens with two attached hydrogens (primary N) is 1. The van der Waals surface area contributed by atoms with Gasteiger partial charge in [-0.3, -0.25) is 10.1 Å². The molecular formula is C30H29FN10O. The Morgan fingerprint density at radius 3 is 2.76 bits per heavy atom. The van der Waals surface area contributed by atoms with Gasteiger partial charge in [0.25, 0.3) is 0 Å². The maximum atomic E-state index is 14.6. The molecule has 0 spiro atoms. The van der Waals surface area contributed by atoms with E-state index in [0.29, 0.717) is 34.9 Å². The molecule has 4 N–H and O–H groups in total. The average molecular weight is 565 g/mol. The molecule has 11 nitrogen and oxygen atoms in total. The molecule has 0 unspecified atom stereocenters. The Bertz CT molecular complexity index is 1910. The quantitative estimate of drug-likeness (QED) is 0.252. The van der Waals surface area contributed by atoms with Gasteiger partial charge in [0.2, 0.25) is 0 Å². The van der Waals surface area contributed by atoms with Gasteiger partial charge in [0.05, 0.1) is 29.5 Å². The molecule has 7 rings (SSSR count). The number of nitrogens with zero attached hydrogens (tertiary/aromatic N) is 7. The number of H-pyrrole nitrogens is 2. The number of halogens is 1. The Labute approximate surface area is 240 Å².